The molecule has 4 atom stereocenters. The van der Waals surface area contributed by atoms with Gasteiger partial charge in [0.15, 0.2) is 18.5 Å². The van der Waals surface area contributed by atoms with Crippen molar-refractivity contribution in [3.05, 3.63) is 30.1 Å². The molecule has 2 rings (SSSR count). The van der Waals surface area contributed by atoms with Gasteiger partial charge in [0.1, 0.15) is 11.7 Å². The van der Waals surface area contributed by atoms with Crippen LogP contribution < -0.4 is 10.3 Å². The van der Waals surface area contributed by atoms with Gasteiger partial charge >= 0.3 is 0 Å². The zero-order chi connectivity index (χ0) is 12.6. The average molecular weight is 239 g/mol. The molecule has 4 N–H and O–H groups in total. The van der Waals surface area contributed by atoms with Crippen LogP contribution in [0.2, 0.25) is 0 Å². The topological polar surface area (TPSA) is 96.7 Å². The fourth-order valence-electron chi connectivity index (χ4n) is 1.87. The Balaban J connectivity index is 2.29. The molecule has 2 heterocycles. The van der Waals surface area contributed by atoms with E-state index in [2.05, 4.69) is 0 Å². The molecule has 0 saturated carbocycles. The van der Waals surface area contributed by atoms with E-state index < -0.39 is 30.4 Å². The molecule has 6 heteroatoms. The summed E-state index contributed by atoms with van der Waals surface area (Å²) in [5, 5.41) is 19.4. The molecular formula is C11H15N2O4+. The second-order valence-corrected chi connectivity index (χ2v) is 4.12. The van der Waals surface area contributed by atoms with Gasteiger partial charge in [0, 0.05) is 6.07 Å². The zero-order valence-corrected chi connectivity index (χ0v) is 9.35. The van der Waals surface area contributed by atoms with Crippen LogP contribution in [-0.4, -0.2) is 34.4 Å². The number of aromatic nitrogens is 1. The summed E-state index contributed by atoms with van der Waals surface area (Å²) in [4.78, 5) is 11.0. The normalized spacial score (nSPS) is 32.6. The van der Waals surface area contributed by atoms with E-state index in [1.165, 1.54) is 10.8 Å². The standard InChI is InChI=1S/C11H14N2O4/c1-6-8(14)9(15)11(17-6)13-4-2-3-7(5-13)10(12)16/h2-6,8-9,11,14-15H,1H3,(H-,12,16)/p+1. The van der Waals surface area contributed by atoms with Crippen molar-refractivity contribution in [1.29, 1.82) is 0 Å². The molecule has 92 valence electrons. The minimum absolute atomic E-state index is 0.317. The molecule has 1 saturated heterocycles. The number of hydrogen-bond donors (Lipinski definition) is 3. The first kappa shape index (κ1) is 12.0. The van der Waals surface area contributed by atoms with Gasteiger partial charge in [0.05, 0.1) is 6.10 Å². The van der Waals surface area contributed by atoms with E-state index in [1.807, 2.05) is 0 Å². The van der Waals surface area contributed by atoms with Crippen LogP contribution in [0.4, 0.5) is 0 Å². The number of aliphatic hydroxyl groups is 2. The lowest BCUT2D eigenvalue weighted by Crippen LogP contribution is -2.46. The van der Waals surface area contributed by atoms with Crippen LogP contribution in [0.5, 0.6) is 0 Å². The van der Waals surface area contributed by atoms with Crippen molar-refractivity contribution in [2.24, 2.45) is 5.73 Å². The summed E-state index contributed by atoms with van der Waals surface area (Å²) in [6, 6.07) is 3.20. The molecule has 1 fully saturated rings. The Hall–Kier alpha value is -1.50. The highest BCUT2D eigenvalue weighted by molar-refractivity contribution is 5.92. The maximum absolute atomic E-state index is 11.0. The lowest BCUT2D eigenvalue weighted by atomic mass is 10.1. The second kappa shape index (κ2) is 4.40. The van der Waals surface area contributed by atoms with Gasteiger partial charge in [-0.3, -0.25) is 4.79 Å². The number of hydrogen-bond acceptors (Lipinski definition) is 4. The third kappa shape index (κ3) is 2.14. The molecular weight excluding hydrogens is 224 g/mol. The number of amides is 1. The Labute approximate surface area is 98.2 Å². The highest BCUT2D eigenvalue weighted by Gasteiger charge is 2.46. The van der Waals surface area contributed by atoms with Crippen molar-refractivity contribution in [3.63, 3.8) is 0 Å². The molecule has 1 amide bonds. The SMILES string of the molecule is CC1OC([n+]2cccc(C(N)=O)c2)C(O)C1O. The summed E-state index contributed by atoms with van der Waals surface area (Å²) in [6.07, 6.45) is -0.00612. The van der Waals surface area contributed by atoms with E-state index in [0.29, 0.717) is 5.56 Å². The first-order chi connectivity index (χ1) is 8.00. The predicted octanol–water partition coefficient (Wildman–Crippen LogP) is -1.29. The van der Waals surface area contributed by atoms with Crippen molar-refractivity contribution in [3.8, 4) is 0 Å². The fourth-order valence-corrected chi connectivity index (χ4v) is 1.87. The Morgan fingerprint density at radius 1 is 1.47 bits per heavy atom. The maximum atomic E-state index is 11.0. The Bertz CT molecular complexity index is 437. The highest BCUT2D eigenvalue weighted by Crippen LogP contribution is 2.24. The van der Waals surface area contributed by atoms with E-state index >= 15 is 0 Å². The molecule has 0 radical (unpaired) electrons. The molecule has 0 spiro atoms. The van der Waals surface area contributed by atoms with Gasteiger partial charge in [-0.15, -0.1) is 0 Å². The minimum atomic E-state index is -1.03. The Morgan fingerprint density at radius 2 is 2.18 bits per heavy atom. The number of rotatable bonds is 2. The molecule has 6 nitrogen and oxygen atoms in total. The van der Waals surface area contributed by atoms with Gasteiger partial charge < -0.3 is 20.7 Å². The van der Waals surface area contributed by atoms with E-state index in [9.17, 15) is 15.0 Å². The number of primary amides is 1. The zero-order valence-electron chi connectivity index (χ0n) is 9.35. The number of ether oxygens (including phenoxy) is 1. The van der Waals surface area contributed by atoms with E-state index in [0.717, 1.165) is 0 Å². The first-order valence-corrected chi connectivity index (χ1v) is 5.33. The molecule has 17 heavy (non-hydrogen) atoms. The van der Waals surface area contributed by atoms with Gasteiger partial charge in [-0.05, 0) is 13.0 Å². The van der Waals surface area contributed by atoms with Crippen molar-refractivity contribution >= 4 is 5.91 Å². The van der Waals surface area contributed by atoms with Crippen LogP contribution in [0.25, 0.3) is 0 Å². The van der Waals surface area contributed by atoms with Crippen molar-refractivity contribution < 1.29 is 24.3 Å². The monoisotopic (exact) mass is 239 g/mol. The van der Waals surface area contributed by atoms with Crippen molar-refractivity contribution in [2.75, 3.05) is 0 Å². The third-order valence-electron chi connectivity index (χ3n) is 2.88. The molecule has 1 aromatic rings. The summed E-state index contributed by atoms with van der Waals surface area (Å²) >= 11 is 0. The molecule has 0 aromatic carbocycles. The summed E-state index contributed by atoms with van der Waals surface area (Å²) in [5.41, 5.74) is 5.48. The minimum Gasteiger partial charge on any atom is -0.387 e. The summed E-state index contributed by atoms with van der Waals surface area (Å²) in [6.45, 7) is 1.67. The molecule has 1 aromatic heterocycles. The quantitative estimate of drug-likeness (QED) is 0.559. The van der Waals surface area contributed by atoms with Crippen LogP contribution in [0.1, 0.15) is 23.5 Å². The summed E-state index contributed by atoms with van der Waals surface area (Å²) in [7, 11) is 0. The number of pyridine rings is 1. The molecule has 1 aliphatic rings. The van der Waals surface area contributed by atoms with E-state index in [4.69, 9.17) is 10.5 Å². The fraction of sp³-hybridized carbons (Fsp3) is 0.455. The molecule has 0 aliphatic carbocycles. The van der Waals surface area contributed by atoms with Gasteiger partial charge in [0.2, 0.25) is 0 Å². The number of aliphatic hydroxyl groups excluding tert-OH is 2. The van der Waals surface area contributed by atoms with Crippen molar-refractivity contribution in [2.45, 2.75) is 31.5 Å². The lowest BCUT2D eigenvalue weighted by Gasteiger charge is -2.09. The summed E-state index contributed by atoms with van der Waals surface area (Å²) in [5.74, 6) is -0.555. The van der Waals surface area contributed by atoms with Gasteiger partial charge in [-0.2, -0.15) is 4.57 Å². The highest BCUT2D eigenvalue weighted by atomic mass is 16.6. The Kier molecular flexibility index (Phi) is 3.10. The van der Waals surface area contributed by atoms with Crippen molar-refractivity contribution in [1.82, 2.24) is 0 Å². The number of nitrogens with zero attached hydrogens (tertiary/aromatic N) is 1. The van der Waals surface area contributed by atoms with Crippen LogP contribution in [0.15, 0.2) is 24.5 Å². The number of carbonyl (C=O) groups excluding carboxylic acids is 1. The molecule has 0 bridgehead atoms. The van der Waals surface area contributed by atoms with E-state index in [-0.39, 0.29) is 0 Å². The predicted molar refractivity (Wildman–Crippen MR) is 56.8 cm³/mol. The van der Waals surface area contributed by atoms with Crippen LogP contribution in [-0.2, 0) is 4.74 Å². The largest absolute Gasteiger partial charge is 0.387 e. The van der Waals surface area contributed by atoms with Gasteiger partial charge in [-0.25, -0.2) is 0 Å². The van der Waals surface area contributed by atoms with Gasteiger partial charge in [0.25, 0.3) is 12.1 Å². The van der Waals surface area contributed by atoms with Crippen LogP contribution >= 0.6 is 0 Å². The summed E-state index contributed by atoms with van der Waals surface area (Å²) < 4.78 is 6.94. The first-order valence-electron chi connectivity index (χ1n) is 5.33. The van der Waals surface area contributed by atoms with Crippen LogP contribution in [0.3, 0.4) is 0 Å². The second-order valence-electron chi connectivity index (χ2n) is 4.12. The van der Waals surface area contributed by atoms with Crippen LogP contribution in [0, 0.1) is 0 Å². The van der Waals surface area contributed by atoms with E-state index in [1.54, 1.807) is 25.3 Å². The molecule has 4 unspecified atom stereocenters. The number of nitrogens with two attached hydrogens (primary N) is 1. The number of carbonyl (C=O) groups is 1. The third-order valence-corrected chi connectivity index (χ3v) is 2.88. The van der Waals surface area contributed by atoms with Gasteiger partial charge in [-0.1, -0.05) is 0 Å². The molecule has 1 aliphatic heterocycles. The average Bonchev–Trinajstić information content (AvgIpc) is 2.57. The lowest BCUT2D eigenvalue weighted by molar-refractivity contribution is -0.765. The maximum Gasteiger partial charge on any atom is 0.291 e. The smallest absolute Gasteiger partial charge is 0.291 e. The Morgan fingerprint density at radius 3 is 2.71 bits per heavy atom.